The summed E-state index contributed by atoms with van der Waals surface area (Å²) in [5, 5.41) is 7.47. The number of aromatic amines is 1. The highest BCUT2D eigenvalue weighted by molar-refractivity contribution is 6.04. The third kappa shape index (κ3) is 4.11. The minimum atomic E-state index is -0.246. The number of H-pyrrole nitrogens is 1. The minimum Gasteiger partial charge on any atom is -0.370 e. The van der Waals surface area contributed by atoms with E-state index in [-0.39, 0.29) is 5.91 Å². The van der Waals surface area contributed by atoms with Gasteiger partial charge < -0.3 is 15.6 Å². The first-order chi connectivity index (χ1) is 14.1. The molecule has 0 radical (unpaired) electrons. The molecule has 2 heterocycles. The van der Waals surface area contributed by atoms with Crippen molar-refractivity contribution in [1.29, 1.82) is 0 Å². The summed E-state index contributed by atoms with van der Waals surface area (Å²) in [4.78, 5) is 24.3. The van der Waals surface area contributed by atoms with Crippen LogP contribution >= 0.6 is 0 Å². The van der Waals surface area contributed by atoms with Crippen molar-refractivity contribution < 1.29 is 4.79 Å². The van der Waals surface area contributed by atoms with Crippen LogP contribution in [-0.4, -0.2) is 27.4 Å². The molecule has 2 aromatic carbocycles. The summed E-state index contributed by atoms with van der Waals surface area (Å²) in [5.74, 6) is 0.385. The van der Waals surface area contributed by atoms with Crippen LogP contribution in [0.5, 0.6) is 0 Å². The van der Waals surface area contributed by atoms with Crippen molar-refractivity contribution >= 4 is 28.3 Å². The number of aromatic nitrogens is 3. The zero-order chi connectivity index (χ0) is 20.2. The molecule has 4 aromatic rings. The molecule has 4 rings (SSSR count). The first-order valence-corrected chi connectivity index (χ1v) is 9.60. The van der Waals surface area contributed by atoms with Gasteiger partial charge in [-0.1, -0.05) is 36.4 Å². The number of carbonyl (C=O) groups is 1. The molecule has 6 heteroatoms. The van der Waals surface area contributed by atoms with Gasteiger partial charge in [0.2, 0.25) is 0 Å². The number of hydrogen-bond acceptors (Lipinski definition) is 4. The SMILES string of the molecule is Cc1cccc(C)c1NC(=O)c1cc(NCCc2c[nH]c3ccccc23)ncn1. The maximum absolute atomic E-state index is 12.6. The first-order valence-electron chi connectivity index (χ1n) is 9.60. The van der Waals surface area contributed by atoms with Crippen LogP contribution in [0.2, 0.25) is 0 Å². The van der Waals surface area contributed by atoms with Gasteiger partial charge in [-0.3, -0.25) is 4.79 Å². The number of fused-ring (bicyclic) bond motifs is 1. The van der Waals surface area contributed by atoms with Gasteiger partial charge in [-0.2, -0.15) is 0 Å². The van der Waals surface area contributed by atoms with Crippen LogP contribution in [0.25, 0.3) is 10.9 Å². The standard InChI is InChI=1S/C23H23N5O/c1-15-6-5-7-16(2)22(15)28-23(29)20-12-21(27-14-26-20)24-11-10-17-13-25-19-9-4-3-8-18(17)19/h3-9,12-14,25H,10-11H2,1-2H3,(H,28,29)(H,24,26,27). The zero-order valence-corrected chi connectivity index (χ0v) is 16.5. The second-order valence-corrected chi connectivity index (χ2v) is 7.05. The number of hydrogen-bond donors (Lipinski definition) is 3. The minimum absolute atomic E-state index is 0.246. The van der Waals surface area contributed by atoms with E-state index in [0.717, 1.165) is 28.8 Å². The lowest BCUT2D eigenvalue weighted by Crippen LogP contribution is -2.16. The number of benzene rings is 2. The molecular weight excluding hydrogens is 362 g/mol. The van der Waals surface area contributed by atoms with Crippen molar-refractivity contribution in [2.75, 3.05) is 17.2 Å². The maximum atomic E-state index is 12.6. The number of amides is 1. The summed E-state index contributed by atoms with van der Waals surface area (Å²) in [6, 6.07) is 15.8. The predicted molar refractivity (Wildman–Crippen MR) is 116 cm³/mol. The van der Waals surface area contributed by atoms with Gasteiger partial charge in [0, 0.05) is 35.4 Å². The van der Waals surface area contributed by atoms with Crippen molar-refractivity contribution in [1.82, 2.24) is 15.0 Å². The van der Waals surface area contributed by atoms with Crippen LogP contribution in [-0.2, 0) is 6.42 Å². The second kappa shape index (κ2) is 8.14. The van der Waals surface area contributed by atoms with E-state index in [1.807, 2.05) is 50.4 Å². The summed E-state index contributed by atoms with van der Waals surface area (Å²) in [6.07, 6.45) is 4.29. The number of nitrogens with one attached hydrogen (secondary N) is 3. The number of nitrogens with zero attached hydrogens (tertiary/aromatic N) is 2. The van der Waals surface area contributed by atoms with Gasteiger partial charge in [0.1, 0.15) is 17.8 Å². The van der Waals surface area contributed by atoms with Crippen LogP contribution in [0.15, 0.2) is 61.1 Å². The molecule has 0 unspecified atom stereocenters. The van der Waals surface area contributed by atoms with E-state index in [4.69, 9.17) is 0 Å². The monoisotopic (exact) mass is 385 g/mol. The summed E-state index contributed by atoms with van der Waals surface area (Å²) in [5.41, 5.74) is 5.57. The molecule has 146 valence electrons. The van der Waals surface area contributed by atoms with Gasteiger partial charge >= 0.3 is 0 Å². The summed E-state index contributed by atoms with van der Waals surface area (Å²) in [7, 11) is 0. The number of para-hydroxylation sites is 2. The van der Waals surface area contributed by atoms with Crippen molar-refractivity contribution in [2.24, 2.45) is 0 Å². The Bertz CT molecular complexity index is 1140. The van der Waals surface area contributed by atoms with Crippen molar-refractivity contribution in [3.63, 3.8) is 0 Å². The fourth-order valence-electron chi connectivity index (χ4n) is 3.43. The van der Waals surface area contributed by atoms with Crippen LogP contribution in [0.1, 0.15) is 27.2 Å². The average Bonchev–Trinajstić information content (AvgIpc) is 3.14. The Labute approximate surface area is 169 Å². The summed E-state index contributed by atoms with van der Waals surface area (Å²) >= 11 is 0. The van der Waals surface area contributed by atoms with Crippen LogP contribution in [0.3, 0.4) is 0 Å². The normalized spacial score (nSPS) is 10.8. The smallest absolute Gasteiger partial charge is 0.274 e. The van der Waals surface area contributed by atoms with E-state index < -0.39 is 0 Å². The van der Waals surface area contributed by atoms with Gasteiger partial charge in [0.25, 0.3) is 5.91 Å². The quantitative estimate of drug-likeness (QED) is 0.457. The number of carbonyl (C=O) groups excluding carboxylic acids is 1. The number of anilines is 2. The molecule has 6 nitrogen and oxygen atoms in total. The Balaban J connectivity index is 1.41. The Morgan fingerprint density at radius 1 is 1.03 bits per heavy atom. The van der Waals surface area contributed by atoms with Crippen molar-refractivity contribution in [3.8, 4) is 0 Å². The highest BCUT2D eigenvalue weighted by Gasteiger charge is 2.12. The molecule has 0 saturated carbocycles. The molecule has 3 N–H and O–H groups in total. The molecule has 0 aliphatic heterocycles. The van der Waals surface area contributed by atoms with E-state index in [1.54, 1.807) is 6.07 Å². The molecule has 0 bridgehead atoms. The molecule has 0 atom stereocenters. The maximum Gasteiger partial charge on any atom is 0.274 e. The highest BCUT2D eigenvalue weighted by atomic mass is 16.1. The fourth-order valence-corrected chi connectivity index (χ4v) is 3.43. The van der Waals surface area contributed by atoms with Crippen LogP contribution in [0, 0.1) is 13.8 Å². The van der Waals surface area contributed by atoms with Crippen molar-refractivity contribution in [2.45, 2.75) is 20.3 Å². The molecule has 0 aliphatic rings. The lowest BCUT2D eigenvalue weighted by molar-refractivity contribution is 0.102. The molecule has 0 spiro atoms. The third-order valence-electron chi connectivity index (χ3n) is 4.99. The lowest BCUT2D eigenvalue weighted by atomic mass is 10.1. The Hall–Kier alpha value is -3.67. The van der Waals surface area contributed by atoms with Gasteiger partial charge in [-0.15, -0.1) is 0 Å². The van der Waals surface area contributed by atoms with Gasteiger partial charge in [0.05, 0.1) is 0 Å². The van der Waals surface area contributed by atoms with E-state index in [1.165, 1.54) is 17.3 Å². The largest absolute Gasteiger partial charge is 0.370 e. The van der Waals surface area contributed by atoms with Crippen LogP contribution < -0.4 is 10.6 Å². The predicted octanol–water partition coefficient (Wildman–Crippen LogP) is 4.48. The number of rotatable bonds is 6. The van der Waals surface area contributed by atoms with E-state index in [0.29, 0.717) is 18.1 Å². The molecule has 2 aromatic heterocycles. The fraction of sp³-hybridized carbons (Fsp3) is 0.174. The van der Waals surface area contributed by atoms with Crippen molar-refractivity contribution in [3.05, 3.63) is 83.4 Å². The van der Waals surface area contributed by atoms with Gasteiger partial charge in [0.15, 0.2) is 0 Å². The van der Waals surface area contributed by atoms with E-state index >= 15 is 0 Å². The summed E-state index contributed by atoms with van der Waals surface area (Å²) in [6.45, 7) is 4.65. The molecule has 0 fully saturated rings. The third-order valence-corrected chi connectivity index (χ3v) is 4.99. The van der Waals surface area contributed by atoms with Gasteiger partial charge in [-0.05, 0) is 43.0 Å². The Morgan fingerprint density at radius 2 is 1.83 bits per heavy atom. The van der Waals surface area contributed by atoms with E-state index in [2.05, 4.69) is 37.7 Å². The highest BCUT2D eigenvalue weighted by Crippen LogP contribution is 2.21. The first kappa shape index (κ1) is 18.7. The number of aryl methyl sites for hydroxylation is 2. The van der Waals surface area contributed by atoms with Gasteiger partial charge in [-0.25, -0.2) is 9.97 Å². The molecular formula is C23H23N5O. The zero-order valence-electron chi connectivity index (χ0n) is 16.5. The molecule has 29 heavy (non-hydrogen) atoms. The Kier molecular flexibility index (Phi) is 5.24. The average molecular weight is 385 g/mol. The molecule has 1 amide bonds. The molecule has 0 aliphatic carbocycles. The second-order valence-electron chi connectivity index (χ2n) is 7.05. The lowest BCUT2D eigenvalue weighted by Gasteiger charge is -2.11. The summed E-state index contributed by atoms with van der Waals surface area (Å²) < 4.78 is 0. The molecule has 0 saturated heterocycles. The van der Waals surface area contributed by atoms with Crippen LogP contribution in [0.4, 0.5) is 11.5 Å². The Morgan fingerprint density at radius 3 is 2.66 bits per heavy atom. The van der Waals surface area contributed by atoms with E-state index in [9.17, 15) is 4.79 Å². The topological polar surface area (TPSA) is 82.7 Å².